The first-order chi connectivity index (χ1) is 8.24. The monoisotopic (exact) mass is 229 g/mol. The number of nitrogens with zero attached hydrogens (tertiary/aromatic N) is 1. The van der Waals surface area contributed by atoms with Gasteiger partial charge in [-0.15, -0.1) is 0 Å². The van der Waals surface area contributed by atoms with Gasteiger partial charge < -0.3 is 15.6 Å². The number of hydrogen-bond donors (Lipinski definition) is 2. The molecule has 3 N–H and O–H groups in total. The minimum atomic E-state index is -0.00655. The molecule has 1 unspecified atom stereocenters. The molecule has 1 amide bonds. The predicted octanol–water partition coefficient (Wildman–Crippen LogP) is 1.23. The summed E-state index contributed by atoms with van der Waals surface area (Å²) >= 11 is 0. The molecular weight excluding hydrogens is 214 g/mol. The number of carbonyl (C=O) groups excluding carboxylic acids is 1. The van der Waals surface area contributed by atoms with Gasteiger partial charge in [0.2, 0.25) is 5.91 Å². The Hall–Kier alpha value is -1.81. The Balaban J connectivity index is 1.90. The van der Waals surface area contributed by atoms with Gasteiger partial charge in [-0.1, -0.05) is 12.1 Å². The number of amides is 1. The molecule has 1 aromatic heterocycles. The summed E-state index contributed by atoms with van der Waals surface area (Å²) in [6.07, 6.45) is 2.40. The van der Waals surface area contributed by atoms with Crippen LogP contribution in [0.15, 0.2) is 30.5 Å². The van der Waals surface area contributed by atoms with Crippen molar-refractivity contribution in [3.05, 3.63) is 36.0 Å². The maximum Gasteiger partial charge on any atom is 0.224 e. The van der Waals surface area contributed by atoms with Crippen molar-refractivity contribution in [2.24, 2.45) is 5.73 Å². The molecule has 0 radical (unpaired) electrons. The third kappa shape index (κ3) is 1.80. The highest BCUT2D eigenvalue weighted by molar-refractivity contribution is 5.84. The van der Waals surface area contributed by atoms with E-state index < -0.39 is 0 Å². The number of nitrogens with one attached hydrogen (secondary N) is 1. The standard InChI is InChI=1S/C13H15N3O/c14-10-6-13(17)16(8-10)7-9-2-1-3-12-11(9)4-5-15-12/h1-5,10,15H,6-8,14H2. The van der Waals surface area contributed by atoms with E-state index in [4.69, 9.17) is 5.73 Å². The molecular formula is C13H15N3O. The van der Waals surface area contributed by atoms with E-state index in [1.54, 1.807) is 0 Å². The van der Waals surface area contributed by atoms with Crippen molar-refractivity contribution in [3.63, 3.8) is 0 Å². The van der Waals surface area contributed by atoms with Gasteiger partial charge in [0.25, 0.3) is 0 Å². The van der Waals surface area contributed by atoms with Crippen LogP contribution in [0.2, 0.25) is 0 Å². The van der Waals surface area contributed by atoms with Gasteiger partial charge in [0, 0.05) is 42.7 Å². The van der Waals surface area contributed by atoms with E-state index in [9.17, 15) is 4.79 Å². The van der Waals surface area contributed by atoms with Gasteiger partial charge in [-0.2, -0.15) is 0 Å². The summed E-state index contributed by atoms with van der Waals surface area (Å²) in [4.78, 5) is 16.7. The van der Waals surface area contributed by atoms with Crippen LogP contribution in [0.25, 0.3) is 10.9 Å². The van der Waals surface area contributed by atoms with Crippen LogP contribution in [-0.2, 0) is 11.3 Å². The fourth-order valence-electron chi connectivity index (χ4n) is 2.45. The number of rotatable bonds is 2. The van der Waals surface area contributed by atoms with Gasteiger partial charge in [0.05, 0.1) is 0 Å². The van der Waals surface area contributed by atoms with Crippen molar-refractivity contribution >= 4 is 16.8 Å². The van der Waals surface area contributed by atoms with Gasteiger partial charge in [-0.05, 0) is 17.7 Å². The number of nitrogens with two attached hydrogens (primary N) is 1. The van der Waals surface area contributed by atoms with Crippen molar-refractivity contribution in [1.82, 2.24) is 9.88 Å². The minimum absolute atomic E-state index is 0.00655. The van der Waals surface area contributed by atoms with E-state index >= 15 is 0 Å². The van der Waals surface area contributed by atoms with Crippen LogP contribution in [0.5, 0.6) is 0 Å². The molecule has 2 aromatic rings. The lowest BCUT2D eigenvalue weighted by atomic mass is 10.1. The molecule has 2 heterocycles. The first-order valence-corrected chi connectivity index (χ1v) is 5.82. The normalized spacial score (nSPS) is 20.4. The summed E-state index contributed by atoms with van der Waals surface area (Å²) in [7, 11) is 0. The van der Waals surface area contributed by atoms with Crippen molar-refractivity contribution in [2.45, 2.75) is 19.0 Å². The molecule has 1 saturated heterocycles. The second-order valence-electron chi connectivity index (χ2n) is 4.59. The number of fused-ring (bicyclic) bond motifs is 1. The van der Waals surface area contributed by atoms with Crippen molar-refractivity contribution in [1.29, 1.82) is 0 Å². The third-order valence-corrected chi connectivity index (χ3v) is 3.29. The quantitative estimate of drug-likeness (QED) is 0.813. The van der Waals surface area contributed by atoms with Crippen LogP contribution >= 0.6 is 0 Å². The summed E-state index contributed by atoms with van der Waals surface area (Å²) in [5, 5.41) is 1.18. The van der Waals surface area contributed by atoms with E-state index in [1.165, 1.54) is 10.9 Å². The molecule has 1 fully saturated rings. The highest BCUT2D eigenvalue weighted by Crippen LogP contribution is 2.21. The maximum atomic E-state index is 11.7. The molecule has 88 valence electrons. The second kappa shape index (κ2) is 3.89. The van der Waals surface area contributed by atoms with Crippen LogP contribution in [0.3, 0.4) is 0 Å². The first kappa shape index (κ1) is 10.4. The fraction of sp³-hybridized carbons (Fsp3) is 0.308. The van der Waals surface area contributed by atoms with Gasteiger partial charge >= 0.3 is 0 Å². The Labute approximate surface area is 99.4 Å². The van der Waals surface area contributed by atoms with E-state index in [0.29, 0.717) is 19.5 Å². The van der Waals surface area contributed by atoms with Crippen molar-refractivity contribution in [2.75, 3.05) is 6.54 Å². The number of benzene rings is 1. The number of hydrogen-bond acceptors (Lipinski definition) is 2. The topological polar surface area (TPSA) is 62.1 Å². The molecule has 0 spiro atoms. The average molecular weight is 229 g/mol. The maximum absolute atomic E-state index is 11.7. The van der Waals surface area contributed by atoms with Gasteiger partial charge in [0.15, 0.2) is 0 Å². The lowest BCUT2D eigenvalue weighted by Crippen LogP contribution is -2.27. The number of H-pyrrole nitrogens is 1. The predicted molar refractivity (Wildman–Crippen MR) is 66.3 cm³/mol. The minimum Gasteiger partial charge on any atom is -0.361 e. The fourth-order valence-corrected chi connectivity index (χ4v) is 2.45. The number of carbonyl (C=O) groups is 1. The molecule has 0 bridgehead atoms. The van der Waals surface area contributed by atoms with Gasteiger partial charge in [-0.25, -0.2) is 0 Å². The third-order valence-electron chi connectivity index (χ3n) is 3.29. The highest BCUT2D eigenvalue weighted by atomic mass is 16.2. The van der Waals surface area contributed by atoms with E-state index in [2.05, 4.69) is 11.1 Å². The lowest BCUT2D eigenvalue weighted by molar-refractivity contribution is -0.128. The van der Waals surface area contributed by atoms with Crippen molar-refractivity contribution < 1.29 is 4.79 Å². The Kier molecular flexibility index (Phi) is 2.37. The van der Waals surface area contributed by atoms with Crippen LogP contribution < -0.4 is 5.73 Å². The molecule has 0 aliphatic carbocycles. The summed E-state index contributed by atoms with van der Waals surface area (Å²) in [6.45, 7) is 1.32. The smallest absolute Gasteiger partial charge is 0.224 e. The molecule has 0 saturated carbocycles. The molecule has 1 aliphatic heterocycles. The van der Waals surface area contributed by atoms with Crippen LogP contribution in [0.4, 0.5) is 0 Å². The molecule has 4 heteroatoms. The van der Waals surface area contributed by atoms with E-state index in [1.807, 2.05) is 29.3 Å². The van der Waals surface area contributed by atoms with E-state index in [-0.39, 0.29) is 11.9 Å². The number of aromatic amines is 1. The highest BCUT2D eigenvalue weighted by Gasteiger charge is 2.26. The zero-order valence-corrected chi connectivity index (χ0v) is 9.52. The molecule has 1 aliphatic rings. The lowest BCUT2D eigenvalue weighted by Gasteiger charge is -2.16. The molecule has 17 heavy (non-hydrogen) atoms. The van der Waals surface area contributed by atoms with Gasteiger partial charge in [-0.3, -0.25) is 4.79 Å². The first-order valence-electron chi connectivity index (χ1n) is 5.82. The number of likely N-dealkylation sites (tertiary alicyclic amines) is 1. The summed E-state index contributed by atoms with van der Waals surface area (Å²) in [5.41, 5.74) is 8.08. The van der Waals surface area contributed by atoms with Crippen LogP contribution in [-0.4, -0.2) is 28.4 Å². The van der Waals surface area contributed by atoms with Crippen LogP contribution in [0, 0.1) is 0 Å². The van der Waals surface area contributed by atoms with Crippen LogP contribution in [0.1, 0.15) is 12.0 Å². The zero-order chi connectivity index (χ0) is 11.8. The summed E-state index contributed by atoms with van der Waals surface area (Å²) in [6, 6.07) is 8.15. The molecule has 1 atom stereocenters. The van der Waals surface area contributed by atoms with E-state index in [0.717, 1.165) is 5.52 Å². The van der Waals surface area contributed by atoms with Crippen molar-refractivity contribution in [3.8, 4) is 0 Å². The Bertz CT molecular complexity index is 561. The summed E-state index contributed by atoms with van der Waals surface area (Å²) < 4.78 is 0. The Morgan fingerprint density at radius 3 is 3.06 bits per heavy atom. The average Bonchev–Trinajstić information content (AvgIpc) is 2.87. The number of aromatic nitrogens is 1. The molecule has 1 aromatic carbocycles. The van der Waals surface area contributed by atoms with Gasteiger partial charge in [0.1, 0.15) is 0 Å². The molecule has 4 nitrogen and oxygen atoms in total. The second-order valence-corrected chi connectivity index (χ2v) is 4.59. The Morgan fingerprint density at radius 1 is 1.41 bits per heavy atom. The SMILES string of the molecule is NC1CC(=O)N(Cc2cccc3[nH]ccc23)C1. The molecule has 3 rings (SSSR count). The Morgan fingerprint density at radius 2 is 2.29 bits per heavy atom. The largest absolute Gasteiger partial charge is 0.361 e. The summed E-state index contributed by atoms with van der Waals surface area (Å²) in [5.74, 6) is 0.157. The zero-order valence-electron chi connectivity index (χ0n) is 9.52.